The molecule has 0 radical (unpaired) electrons. The smallest absolute Gasteiger partial charge is 0.270 e. The second-order valence-corrected chi connectivity index (χ2v) is 4.67. The van der Waals surface area contributed by atoms with Crippen molar-refractivity contribution in [1.29, 1.82) is 0 Å². The second-order valence-electron chi connectivity index (χ2n) is 4.67. The first-order chi connectivity index (χ1) is 9.69. The third kappa shape index (κ3) is 3.85. The zero-order chi connectivity index (χ0) is 14.4. The molecule has 0 aliphatic heterocycles. The van der Waals surface area contributed by atoms with Gasteiger partial charge >= 0.3 is 0 Å². The number of pyridine rings is 1. The van der Waals surface area contributed by atoms with Crippen molar-refractivity contribution in [2.24, 2.45) is 0 Å². The molecule has 0 saturated carbocycles. The normalized spacial score (nSPS) is 11.9. The van der Waals surface area contributed by atoms with Crippen molar-refractivity contribution < 1.29 is 9.21 Å². The first-order valence-corrected chi connectivity index (χ1v) is 6.66. The van der Waals surface area contributed by atoms with Crippen LogP contribution >= 0.6 is 0 Å². The quantitative estimate of drug-likeness (QED) is 0.848. The highest BCUT2D eigenvalue weighted by atomic mass is 16.3. The minimum atomic E-state index is -0.158. The van der Waals surface area contributed by atoms with Crippen LogP contribution in [0.25, 0.3) is 0 Å². The standard InChI is InChI=1S/C15H19N3O2/c1-11(5-6-13-4-3-9-20-13)18-15(19)14-10-12(16-2)7-8-17-14/h3-4,7-11H,5-6H2,1-2H3,(H,16,17)(H,18,19). The summed E-state index contributed by atoms with van der Waals surface area (Å²) in [5, 5.41) is 5.93. The highest BCUT2D eigenvalue weighted by Crippen LogP contribution is 2.08. The van der Waals surface area contributed by atoms with Crippen LogP contribution in [0.5, 0.6) is 0 Å². The number of rotatable bonds is 6. The van der Waals surface area contributed by atoms with Gasteiger partial charge in [0.15, 0.2) is 0 Å². The van der Waals surface area contributed by atoms with Crippen LogP contribution in [-0.2, 0) is 6.42 Å². The zero-order valence-electron chi connectivity index (χ0n) is 11.7. The number of hydrogen-bond donors (Lipinski definition) is 2. The molecule has 0 fully saturated rings. The number of hydrogen-bond acceptors (Lipinski definition) is 4. The SMILES string of the molecule is CNc1ccnc(C(=O)NC(C)CCc2ccco2)c1. The molecular weight excluding hydrogens is 254 g/mol. The van der Waals surface area contributed by atoms with E-state index in [0.29, 0.717) is 5.69 Å². The molecule has 1 atom stereocenters. The Morgan fingerprint density at radius 3 is 3.00 bits per heavy atom. The number of aromatic nitrogens is 1. The largest absolute Gasteiger partial charge is 0.469 e. The molecule has 0 aromatic carbocycles. The van der Waals surface area contributed by atoms with E-state index < -0.39 is 0 Å². The van der Waals surface area contributed by atoms with Gasteiger partial charge in [-0.3, -0.25) is 9.78 Å². The Balaban J connectivity index is 1.86. The van der Waals surface area contributed by atoms with Crippen molar-refractivity contribution in [3.05, 3.63) is 48.2 Å². The molecule has 5 nitrogen and oxygen atoms in total. The van der Waals surface area contributed by atoms with Crippen LogP contribution in [0.15, 0.2) is 41.1 Å². The molecular formula is C15H19N3O2. The lowest BCUT2D eigenvalue weighted by molar-refractivity contribution is 0.0933. The first-order valence-electron chi connectivity index (χ1n) is 6.66. The Bertz CT molecular complexity index is 552. The molecule has 0 aliphatic rings. The van der Waals surface area contributed by atoms with Crippen LogP contribution < -0.4 is 10.6 Å². The minimum absolute atomic E-state index is 0.0626. The summed E-state index contributed by atoms with van der Waals surface area (Å²) in [5.74, 6) is 0.774. The van der Waals surface area contributed by atoms with Gasteiger partial charge in [0.1, 0.15) is 11.5 Å². The van der Waals surface area contributed by atoms with Crippen molar-refractivity contribution in [2.45, 2.75) is 25.8 Å². The molecule has 2 rings (SSSR count). The minimum Gasteiger partial charge on any atom is -0.469 e. The summed E-state index contributed by atoms with van der Waals surface area (Å²) < 4.78 is 5.27. The molecule has 0 saturated heterocycles. The van der Waals surface area contributed by atoms with Crippen molar-refractivity contribution in [3.8, 4) is 0 Å². The Morgan fingerprint density at radius 2 is 2.30 bits per heavy atom. The number of furan rings is 1. The van der Waals surface area contributed by atoms with Crippen molar-refractivity contribution in [2.75, 3.05) is 12.4 Å². The first kappa shape index (κ1) is 14.1. The maximum atomic E-state index is 12.1. The number of aryl methyl sites for hydroxylation is 1. The van der Waals surface area contributed by atoms with Gasteiger partial charge in [0.2, 0.25) is 0 Å². The van der Waals surface area contributed by atoms with E-state index in [4.69, 9.17) is 4.42 Å². The lowest BCUT2D eigenvalue weighted by Crippen LogP contribution is -2.33. The maximum Gasteiger partial charge on any atom is 0.270 e. The zero-order valence-corrected chi connectivity index (χ0v) is 11.7. The molecule has 2 aromatic rings. The van der Waals surface area contributed by atoms with Crippen molar-refractivity contribution in [3.63, 3.8) is 0 Å². The number of nitrogens with one attached hydrogen (secondary N) is 2. The van der Waals surface area contributed by atoms with Crippen LogP contribution in [0.4, 0.5) is 5.69 Å². The Kier molecular flexibility index (Phi) is 4.76. The number of anilines is 1. The Labute approximate surface area is 118 Å². The maximum absolute atomic E-state index is 12.1. The highest BCUT2D eigenvalue weighted by molar-refractivity contribution is 5.93. The van der Waals surface area contributed by atoms with Gasteiger partial charge in [0.25, 0.3) is 5.91 Å². The van der Waals surface area contributed by atoms with E-state index in [-0.39, 0.29) is 11.9 Å². The van der Waals surface area contributed by atoms with Crippen LogP contribution in [0.2, 0.25) is 0 Å². The molecule has 0 bridgehead atoms. The monoisotopic (exact) mass is 273 g/mol. The molecule has 106 valence electrons. The van der Waals surface area contributed by atoms with E-state index in [9.17, 15) is 4.79 Å². The highest BCUT2D eigenvalue weighted by Gasteiger charge is 2.12. The van der Waals surface area contributed by atoms with E-state index in [1.54, 1.807) is 18.5 Å². The summed E-state index contributed by atoms with van der Waals surface area (Å²) >= 11 is 0. The number of nitrogens with zero attached hydrogens (tertiary/aromatic N) is 1. The predicted molar refractivity (Wildman–Crippen MR) is 77.7 cm³/mol. The van der Waals surface area contributed by atoms with Gasteiger partial charge in [-0.15, -0.1) is 0 Å². The van der Waals surface area contributed by atoms with Gasteiger partial charge in [-0.1, -0.05) is 0 Å². The van der Waals surface area contributed by atoms with Gasteiger partial charge < -0.3 is 15.1 Å². The van der Waals surface area contributed by atoms with Crippen molar-refractivity contribution >= 4 is 11.6 Å². The average Bonchev–Trinajstić information content (AvgIpc) is 2.98. The lowest BCUT2D eigenvalue weighted by Gasteiger charge is -2.13. The van der Waals surface area contributed by atoms with Crippen LogP contribution in [0.3, 0.4) is 0 Å². The van der Waals surface area contributed by atoms with Gasteiger partial charge in [0, 0.05) is 31.4 Å². The molecule has 2 N–H and O–H groups in total. The summed E-state index contributed by atoms with van der Waals surface area (Å²) in [7, 11) is 1.81. The molecule has 2 heterocycles. The van der Waals surface area contributed by atoms with E-state index in [2.05, 4.69) is 15.6 Å². The van der Waals surface area contributed by atoms with Crippen LogP contribution in [0.1, 0.15) is 29.6 Å². The molecule has 1 unspecified atom stereocenters. The molecule has 0 aliphatic carbocycles. The lowest BCUT2D eigenvalue weighted by atomic mass is 10.1. The fourth-order valence-electron chi connectivity index (χ4n) is 1.89. The second kappa shape index (κ2) is 6.75. The van der Waals surface area contributed by atoms with Gasteiger partial charge in [-0.25, -0.2) is 0 Å². The van der Waals surface area contributed by atoms with Gasteiger partial charge in [0.05, 0.1) is 6.26 Å². The third-order valence-electron chi connectivity index (χ3n) is 3.06. The Hall–Kier alpha value is -2.30. The molecule has 5 heteroatoms. The summed E-state index contributed by atoms with van der Waals surface area (Å²) in [6.45, 7) is 1.97. The summed E-state index contributed by atoms with van der Waals surface area (Å²) in [6, 6.07) is 7.41. The topological polar surface area (TPSA) is 67.2 Å². The van der Waals surface area contributed by atoms with Crippen LogP contribution in [0, 0.1) is 0 Å². The van der Waals surface area contributed by atoms with Gasteiger partial charge in [-0.05, 0) is 37.6 Å². The number of carbonyl (C=O) groups excluding carboxylic acids is 1. The fraction of sp³-hybridized carbons (Fsp3) is 0.333. The van der Waals surface area contributed by atoms with E-state index in [1.165, 1.54) is 0 Å². The predicted octanol–water partition coefficient (Wildman–Crippen LogP) is 2.47. The summed E-state index contributed by atoms with van der Waals surface area (Å²) in [5.41, 5.74) is 1.29. The Morgan fingerprint density at radius 1 is 1.45 bits per heavy atom. The molecule has 20 heavy (non-hydrogen) atoms. The number of amides is 1. The van der Waals surface area contributed by atoms with Crippen LogP contribution in [-0.4, -0.2) is 24.0 Å². The van der Waals surface area contributed by atoms with Crippen molar-refractivity contribution in [1.82, 2.24) is 10.3 Å². The summed E-state index contributed by atoms with van der Waals surface area (Å²) in [6.07, 6.45) is 4.91. The van der Waals surface area contributed by atoms with E-state index in [0.717, 1.165) is 24.3 Å². The van der Waals surface area contributed by atoms with Gasteiger partial charge in [-0.2, -0.15) is 0 Å². The fourth-order valence-corrected chi connectivity index (χ4v) is 1.89. The molecule has 0 spiro atoms. The number of carbonyl (C=O) groups is 1. The molecule has 1 amide bonds. The average molecular weight is 273 g/mol. The summed E-state index contributed by atoms with van der Waals surface area (Å²) in [4.78, 5) is 16.1. The van der Waals surface area contributed by atoms with E-state index in [1.807, 2.05) is 32.2 Å². The van der Waals surface area contributed by atoms with E-state index >= 15 is 0 Å². The molecule has 2 aromatic heterocycles. The third-order valence-corrected chi connectivity index (χ3v) is 3.06.